The molecule has 0 saturated carbocycles. The molecule has 1 unspecified atom stereocenters. The molecule has 0 fully saturated rings. The highest BCUT2D eigenvalue weighted by Gasteiger charge is 2.36. The Bertz CT molecular complexity index is 1740. The van der Waals surface area contributed by atoms with Gasteiger partial charge < -0.3 is 10.1 Å². The lowest BCUT2D eigenvalue weighted by molar-refractivity contribution is -0.491. The summed E-state index contributed by atoms with van der Waals surface area (Å²) in [4.78, 5) is 39.5. The van der Waals surface area contributed by atoms with Crippen molar-refractivity contribution in [3.63, 3.8) is 0 Å². The van der Waals surface area contributed by atoms with Gasteiger partial charge >= 0.3 is 11.9 Å². The average molecular weight is 609 g/mol. The van der Waals surface area contributed by atoms with Gasteiger partial charge in [-0.25, -0.2) is 18.0 Å². The van der Waals surface area contributed by atoms with Gasteiger partial charge in [0.2, 0.25) is 0 Å². The SMILES string of the molecule is CCOC(=O)CC(c1cc(-c2c(C)cc(F)cc2C)cc(F)c1F)[N+](=CC(C)C)C(=O)CNC(=O)c1cccn2cnnc12. The van der Waals surface area contributed by atoms with Gasteiger partial charge in [0.15, 0.2) is 29.5 Å². The highest BCUT2D eigenvalue weighted by molar-refractivity contribution is 6.00. The third-order valence-electron chi connectivity index (χ3n) is 6.92. The molecule has 0 aliphatic heterocycles. The molecule has 1 atom stereocenters. The van der Waals surface area contributed by atoms with Crippen LogP contribution in [-0.4, -0.2) is 56.3 Å². The number of fused-ring (bicyclic) bond motifs is 1. The van der Waals surface area contributed by atoms with Crippen LogP contribution in [0, 0.1) is 37.2 Å². The minimum absolute atomic E-state index is 0.0302. The molecule has 2 aromatic heterocycles. The second kappa shape index (κ2) is 13.6. The largest absolute Gasteiger partial charge is 0.466 e. The Morgan fingerprint density at radius 3 is 2.45 bits per heavy atom. The Labute approximate surface area is 252 Å². The number of amides is 2. The summed E-state index contributed by atoms with van der Waals surface area (Å²) in [5.41, 5.74) is 1.90. The first-order valence-electron chi connectivity index (χ1n) is 14.1. The van der Waals surface area contributed by atoms with Crippen LogP contribution < -0.4 is 5.32 Å². The van der Waals surface area contributed by atoms with Gasteiger partial charge in [-0.2, -0.15) is 4.58 Å². The third-order valence-corrected chi connectivity index (χ3v) is 6.92. The summed E-state index contributed by atoms with van der Waals surface area (Å²) in [6.45, 7) is 7.93. The van der Waals surface area contributed by atoms with E-state index >= 15 is 8.78 Å². The van der Waals surface area contributed by atoms with E-state index in [9.17, 15) is 18.8 Å². The highest BCUT2D eigenvalue weighted by atomic mass is 19.2. The Morgan fingerprint density at radius 1 is 1.09 bits per heavy atom. The number of rotatable bonds is 10. The standard InChI is InChI=1S/C32H32F3N5O4/c1-6-44-28(42)14-26(24-12-21(13-25(34)30(24)35)29-19(4)10-22(33)11-20(29)5)40(16-18(2)3)27(41)15-36-32(43)23-8-7-9-39-17-37-38-31(23)39/h7-13,16-18,26H,6,14-15H2,1-5H3/p+1. The Morgan fingerprint density at radius 2 is 1.80 bits per heavy atom. The minimum Gasteiger partial charge on any atom is -0.466 e. The van der Waals surface area contributed by atoms with Gasteiger partial charge in [0, 0.05) is 12.1 Å². The molecule has 4 aromatic rings. The van der Waals surface area contributed by atoms with Gasteiger partial charge in [0.1, 0.15) is 25.1 Å². The number of halogens is 3. The lowest BCUT2D eigenvalue weighted by Crippen LogP contribution is -2.39. The molecular weight excluding hydrogens is 575 g/mol. The van der Waals surface area contributed by atoms with Crippen molar-refractivity contribution in [2.24, 2.45) is 5.92 Å². The first-order valence-corrected chi connectivity index (χ1v) is 14.1. The van der Waals surface area contributed by atoms with Gasteiger partial charge in [-0.1, -0.05) is 13.8 Å². The van der Waals surface area contributed by atoms with Crippen LogP contribution in [0.1, 0.15) is 60.3 Å². The fourth-order valence-corrected chi connectivity index (χ4v) is 5.15. The molecule has 0 spiro atoms. The predicted octanol–water partition coefficient (Wildman–Crippen LogP) is 5.12. The lowest BCUT2D eigenvalue weighted by atomic mass is 9.91. The molecule has 2 heterocycles. The molecule has 1 N–H and O–H groups in total. The molecule has 230 valence electrons. The number of carbonyl (C=O) groups is 3. The van der Waals surface area contributed by atoms with E-state index in [1.54, 1.807) is 51.3 Å². The molecule has 0 saturated heterocycles. The first kappa shape index (κ1) is 32.1. The maximum Gasteiger partial charge on any atom is 0.406 e. The van der Waals surface area contributed by atoms with Crippen LogP contribution in [0.3, 0.4) is 0 Å². The summed E-state index contributed by atoms with van der Waals surface area (Å²) < 4.78 is 52.7. The van der Waals surface area contributed by atoms with Gasteiger partial charge in [0.25, 0.3) is 5.91 Å². The summed E-state index contributed by atoms with van der Waals surface area (Å²) >= 11 is 0. The number of aromatic nitrogens is 3. The molecule has 0 aliphatic rings. The Balaban J connectivity index is 1.77. The van der Waals surface area contributed by atoms with Crippen molar-refractivity contribution < 1.29 is 36.9 Å². The van der Waals surface area contributed by atoms with E-state index in [1.165, 1.54) is 36.8 Å². The summed E-state index contributed by atoms with van der Waals surface area (Å²) in [6, 6.07) is 6.72. The highest BCUT2D eigenvalue weighted by Crippen LogP contribution is 2.34. The van der Waals surface area contributed by atoms with E-state index in [-0.39, 0.29) is 34.9 Å². The Kier molecular flexibility index (Phi) is 9.92. The maximum absolute atomic E-state index is 15.6. The zero-order valence-electron chi connectivity index (χ0n) is 25.0. The molecular formula is C32H33F3N5O4+. The summed E-state index contributed by atoms with van der Waals surface area (Å²) in [6.07, 6.45) is 4.06. The second-order valence-electron chi connectivity index (χ2n) is 10.7. The molecule has 9 nitrogen and oxygen atoms in total. The van der Waals surface area contributed by atoms with Crippen LogP contribution in [0.4, 0.5) is 13.2 Å². The first-order chi connectivity index (χ1) is 20.9. The molecule has 44 heavy (non-hydrogen) atoms. The van der Waals surface area contributed by atoms with E-state index in [0.717, 1.165) is 10.6 Å². The van der Waals surface area contributed by atoms with Crippen molar-refractivity contribution in [1.29, 1.82) is 0 Å². The lowest BCUT2D eigenvalue weighted by Gasteiger charge is -2.19. The summed E-state index contributed by atoms with van der Waals surface area (Å²) in [5.74, 6) is -5.24. The van der Waals surface area contributed by atoms with Crippen molar-refractivity contribution in [2.75, 3.05) is 13.2 Å². The fourth-order valence-electron chi connectivity index (χ4n) is 5.15. The molecule has 2 aromatic carbocycles. The quantitative estimate of drug-likeness (QED) is 0.152. The number of pyridine rings is 1. The smallest absolute Gasteiger partial charge is 0.406 e. The molecule has 4 rings (SSSR count). The number of carbonyl (C=O) groups excluding carboxylic acids is 3. The van der Waals surface area contributed by atoms with Crippen LogP contribution >= 0.6 is 0 Å². The summed E-state index contributed by atoms with van der Waals surface area (Å²) in [5, 5.41) is 10.3. The maximum atomic E-state index is 15.6. The summed E-state index contributed by atoms with van der Waals surface area (Å²) in [7, 11) is 0. The molecule has 0 aliphatic carbocycles. The number of hydrogen-bond acceptors (Lipinski definition) is 6. The van der Waals surface area contributed by atoms with E-state index < -0.39 is 54.2 Å². The van der Waals surface area contributed by atoms with Crippen molar-refractivity contribution in [2.45, 2.75) is 47.1 Å². The number of nitrogens with zero attached hydrogens (tertiary/aromatic N) is 4. The number of esters is 1. The van der Waals surface area contributed by atoms with Crippen LogP contribution in [-0.2, 0) is 14.3 Å². The number of benzene rings is 2. The predicted molar refractivity (Wildman–Crippen MR) is 157 cm³/mol. The van der Waals surface area contributed by atoms with Crippen molar-refractivity contribution >= 4 is 29.6 Å². The van der Waals surface area contributed by atoms with Crippen LogP contribution in [0.5, 0.6) is 0 Å². The number of hydrogen-bond donors (Lipinski definition) is 1. The van der Waals surface area contributed by atoms with Gasteiger partial charge in [0.05, 0.1) is 17.7 Å². The zero-order chi connectivity index (χ0) is 32.1. The molecule has 0 bridgehead atoms. The molecule has 2 amide bonds. The molecule has 0 radical (unpaired) electrons. The number of ether oxygens (including phenoxy) is 1. The topological polar surface area (TPSA) is 106 Å². The normalized spacial score (nSPS) is 12.4. The third kappa shape index (κ3) is 7.01. The van der Waals surface area contributed by atoms with Crippen LogP contribution in [0.15, 0.2) is 48.9 Å². The van der Waals surface area contributed by atoms with Crippen molar-refractivity contribution in [1.82, 2.24) is 19.9 Å². The minimum atomic E-state index is -1.34. The van der Waals surface area contributed by atoms with Crippen LogP contribution in [0.2, 0.25) is 0 Å². The fraction of sp³-hybridized carbons (Fsp3) is 0.312. The van der Waals surface area contributed by atoms with Crippen molar-refractivity contribution in [3.8, 4) is 11.1 Å². The number of aryl methyl sites for hydroxylation is 2. The monoisotopic (exact) mass is 608 g/mol. The van der Waals surface area contributed by atoms with E-state index in [1.807, 2.05) is 0 Å². The van der Waals surface area contributed by atoms with Crippen molar-refractivity contribution in [3.05, 3.63) is 88.6 Å². The van der Waals surface area contributed by atoms with Gasteiger partial charge in [-0.05, 0) is 79.4 Å². The zero-order valence-corrected chi connectivity index (χ0v) is 25.0. The van der Waals surface area contributed by atoms with Crippen LogP contribution in [0.25, 0.3) is 16.8 Å². The second-order valence-corrected chi connectivity index (χ2v) is 10.7. The van der Waals surface area contributed by atoms with E-state index in [4.69, 9.17) is 4.74 Å². The van der Waals surface area contributed by atoms with Gasteiger partial charge in [-0.15, -0.1) is 10.2 Å². The molecule has 12 heteroatoms. The van der Waals surface area contributed by atoms with Gasteiger partial charge in [-0.3, -0.25) is 14.0 Å². The average Bonchev–Trinajstić information content (AvgIpc) is 3.44. The number of nitrogens with one attached hydrogen (secondary N) is 1. The Hall–Kier alpha value is -4.87. The van der Waals surface area contributed by atoms with E-state index in [2.05, 4.69) is 15.5 Å². The van der Waals surface area contributed by atoms with E-state index in [0.29, 0.717) is 16.7 Å².